The van der Waals surface area contributed by atoms with Crippen molar-refractivity contribution in [2.45, 2.75) is 20.4 Å². The van der Waals surface area contributed by atoms with Crippen LogP contribution in [0.2, 0.25) is 0 Å². The van der Waals surface area contributed by atoms with Crippen molar-refractivity contribution < 1.29 is 19.1 Å². The Morgan fingerprint density at radius 1 is 1.38 bits per heavy atom. The average Bonchev–Trinajstić information content (AvgIpc) is 2.75. The lowest BCUT2D eigenvalue weighted by Crippen LogP contribution is -2.20. The summed E-state index contributed by atoms with van der Waals surface area (Å²) in [5.41, 5.74) is 0.863. The van der Waals surface area contributed by atoms with Gasteiger partial charge < -0.3 is 10.4 Å². The number of carboxylic acid groups (broad SMARTS) is 1. The minimum absolute atomic E-state index is 0.204. The fraction of sp³-hybridized carbons (Fsp3) is 0.231. The van der Waals surface area contributed by atoms with E-state index in [2.05, 4.69) is 15.6 Å². The van der Waals surface area contributed by atoms with E-state index >= 15 is 0 Å². The summed E-state index contributed by atoms with van der Waals surface area (Å²) in [5, 5.41) is 18.4. The van der Waals surface area contributed by atoms with E-state index in [1.54, 1.807) is 19.1 Å². The molecule has 8 heteroatoms. The highest BCUT2D eigenvalue weighted by molar-refractivity contribution is 5.91. The Morgan fingerprint density at radius 3 is 2.67 bits per heavy atom. The lowest BCUT2D eigenvalue weighted by molar-refractivity contribution is -0.117. The molecule has 0 aliphatic carbocycles. The third-order valence-corrected chi connectivity index (χ3v) is 2.93. The number of halogens is 1. The minimum Gasteiger partial charge on any atom is -0.476 e. The molecule has 1 amide bonds. The molecule has 2 N–H and O–H groups in total. The van der Waals surface area contributed by atoms with Gasteiger partial charge in [-0.1, -0.05) is 11.3 Å². The van der Waals surface area contributed by atoms with Crippen LogP contribution in [0.4, 0.5) is 10.1 Å². The number of hydrogen-bond acceptors (Lipinski definition) is 4. The first kappa shape index (κ1) is 14.6. The molecule has 110 valence electrons. The van der Waals surface area contributed by atoms with Gasteiger partial charge in [-0.15, -0.1) is 5.10 Å². The Balaban J connectivity index is 2.08. The first-order valence-corrected chi connectivity index (χ1v) is 6.08. The molecule has 0 fully saturated rings. The Bertz CT molecular complexity index is 711. The molecule has 1 aromatic heterocycles. The standard InChI is InChI=1S/C13H13FN4O3/c1-7-3-4-9(5-10(7)14)15-11(19)6-18-8(2)12(13(20)21)16-17-18/h3-5H,6H2,1-2H3,(H,15,19)(H,20,21). The lowest BCUT2D eigenvalue weighted by Gasteiger charge is -2.07. The summed E-state index contributed by atoms with van der Waals surface area (Å²) in [4.78, 5) is 22.7. The van der Waals surface area contributed by atoms with Crippen LogP contribution in [0.3, 0.4) is 0 Å². The normalized spacial score (nSPS) is 10.4. The summed E-state index contributed by atoms with van der Waals surface area (Å²) in [6.45, 7) is 2.91. The number of carbonyl (C=O) groups is 2. The second kappa shape index (κ2) is 5.70. The highest BCUT2D eigenvalue weighted by Crippen LogP contribution is 2.13. The van der Waals surface area contributed by atoms with Crippen LogP contribution in [-0.4, -0.2) is 32.0 Å². The molecule has 0 unspecified atom stereocenters. The van der Waals surface area contributed by atoms with E-state index in [1.165, 1.54) is 17.7 Å². The zero-order chi connectivity index (χ0) is 15.6. The number of amides is 1. The number of carbonyl (C=O) groups excluding carboxylic acids is 1. The first-order valence-electron chi connectivity index (χ1n) is 6.08. The molecule has 21 heavy (non-hydrogen) atoms. The average molecular weight is 292 g/mol. The fourth-order valence-electron chi connectivity index (χ4n) is 1.72. The molecule has 0 bridgehead atoms. The molecule has 0 atom stereocenters. The predicted molar refractivity (Wildman–Crippen MR) is 71.5 cm³/mol. The molecule has 2 aromatic rings. The third kappa shape index (κ3) is 3.22. The molecule has 0 spiro atoms. The van der Waals surface area contributed by atoms with Crippen molar-refractivity contribution in [3.63, 3.8) is 0 Å². The Kier molecular flexibility index (Phi) is 3.97. The number of anilines is 1. The van der Waals surface area contributed by atoms with Gasteiger partial charge in [0.05, 0.1) is 5.69 Å². The van der Waals surface area contributed by atoms with Crippen LogP contribution in [0, 0.1) is 19.7 Å². The second-order valence-electron chi connectivity index (χ2n) is 4.50. The molecular weight excluding hydrogens is 279 g/mol. The van der Waals surface area contributed by atoms with Crippen LogP contribution in [0.25, 0.3) is 0 Å². The van der Waals surface area contributed by atoms with Crippen LogP contribution in [0.15, 0.2) is 18.2 Å². The number of aromatic carboxylic acids is 1. The quantitative estimate of drug-likeness (QED) is 0.887. The number of carboxylic acids is 1. The molecule has 0 aliphatic rings. The molecule has 0 saturated carbocycles. The van der Waals surface area contributed by atoms with Gasteiger partial charge in [0.2, 0.25) is 5.91 Å². The van der Waals surface area contributed by atoms with E-state index in [1.807, 2.05) is 0 Å². The zero-order valence-electron chi connectivity index (χ0n) is 11.4. The molecule has 2 rings (SSSR count). The predicted octanol–water partition coefficient (Wildman–Crippen LogP) is 1.37. The first-order chi connectivity index (χ1) is 9.88. The number of rotatable bonds is 4. The van der Waals surface area contributed by atoms with Gasteiger partial charge >= 0.3 is 5.97 Å². The summed E-state index contributed by atoms with van der Waals surface area (Å²) < 4.78 is 14.5. The van der Waals surface area contributed by atoms with Crippen molar-refractivity contribution in [3.8, 4) is 0 Å². The van der Waals surface area contributed by atoms with Gasteiger partial charge in [0.1, 0.15) is 12.4 Å². The van der Waals surface area contributed by atoms with Crippen molar-refractivity contribution in [3.05, 3.63) is 41.0 Å². The summed E-state index contributed by atoms with van der Waals surface area (Å²) in [6, 6.07) is 4.34. The molecule has 0 saturated heterocycles. The number of nitrogens with one attached hydrogen (secondary N) is 1. The van der Waals surface area contributed by atoms with Gasteiger partial charge in [0, 0.05) is 5.69 Å². The number of nitrogens with zero attached hydrogens (tertiary/aromatic N) is 3. The van der Waals surface area contributed by atoms with E-state index in [4.69, 9.17) is 5.11 Å². The SMILES string of the molecule is Cc1ccc(NC(=O)Cn2nnc(C(=O)O)c2C)cc1F. The summed E-state index contributed by atoms with van der Waals surface area (Å²) in [6.07, 6.45) is 0. The topological polar surface area (TPSA) is 97.1 Å². The maximum Gasteiger partial charge on any atom is 0.358 e. The van der Waals surface area contributed by atoms with Crippen molar-refractivity contribution in [2.24, 2.45) is 0 Å². The van der Waals surface area contributed by atoms with Gasteiger partial charge in [0.25, 0.3) is 0 Å². The molecule has 0 aliphatic heterocycles. The monoisotopic (exact) mass is 292 g/mol. The fourth-order valence-corrected chi connectivity index (χ4v) is 1.72. The largest absolute Gasteiger partial charge is 0.476 e. The van der Waals surface area contributed by atoms with Crippen molar-refractivity contribution in [1.29, 1.82) is 0 Å². The summed E-state index contributed by atoms with van der Waals surface area (Å²) >= 11 is 0. The smallest absolute Gasteiger partial charge is 0.358 e. The molecule has 1 heterocycles. The number of aryl methyl sites for hydroxylation is 1. The summed E-state index contributed by atoms with van der Waals surface area (Å²) in [5.74, 6) is -2.08. The van der Waals surface area contributed by atoms with E-state index in [0.717, 1.165) is 0 Å². The van der Waals surface area contributed by atoms with Crippen LogP contribution >= 0.6 is 0 Å². The lowest BCUT2D eigenvalue weighted by atomic mass is 10.2. The van der Waals surface area contributed by atoms with Crippen LogP contribution < -0.4 is 5.32 Å². The van der Waals surface area contributed by atoms with E-state index < -0.39 is 17.7 Å². The van der Waals surface area contributed by atoms with Crippen molar-refractivity contribution in [1.82, 2.24) is 15.0 Å². The van der Waals surface area contributed by atoms with Gasteiger partial charge in [-0.05, 0) is 31.5 Å². The zero-order valence-corrected chi connectivity index (χ0v) is 11.4. The maximum atomic E-state index is 13.4. The van der Waals surface area contributed by atoms with Gasteiger partial charge in [-0.25, -0.2) is 13.9 Å². The van der Waals surface area contributed by atoms with Gasteiger partial charge in [-0.2, -0.15) is 0 Å². The van der Waals surface area contributed by atoms with Gasteiger partial charge in [-0.3, -0.25) is 4.79 Å². The molecule has 0 radical (unpaired) electrons. The van der Waals surface area contributed by atoms with Crippen LogP contribution in [0.1, 0.15) is 21.7 Å². The second-order valence-corrected chi connectivity index (χ2v) is 4.50. The highest BCUT2D eigenvalue weighted by atomic mass is 19.1. The van der Waals surface area contributed by atoms with Crippen molar-refractivity contribution >= 4 is 17.6 Å². The number of aromatic nitrogens is 3. The van der Waals surface area contributed by atoms with E-state index in [0.29, 0.717) is 11.3 Å². The number of benzene rings is 1. The maximum absolute atomic E-state index is 13.4. The molecular formula is C13H13FN4O3. The third-order valence-electron chi connectivity index (χ3n) is 2.93. The highest BCUT2D eigenvalue weighted by Gasteiger charge is 2.16. The van der Waals surface area contributed by atoms with Crippen molar-refractivity contribution in [2.75, 3.05) is 5.32 Å². The van der Waals surface area contributed by atoms with E-state index in [9.17, 15) is 14.0 Å². The molecule has 1 aromatic carbocycles. The molecule has 7 nitrogen and oxygen atoms in total. The summed E-state index contributed by atoms with van der Waals surface area (Å²) in [7, 11) is 0. The Morgan fingerprint density at radius 2 is 2.10 bits per heavy atom. The minimum atomic E-state index is -1.21. The van der Waals surface area contributed by atoms with Crippen LogP contribution in [-0.2, 0) is 11.3 Å². The van der Waals surface area contributed by atoms with Gasteiger partial charge in [0.15, 0.2) is 5.69 Å². The Labute approximate surface area is 119 Å². The number of hydrogen-bond donors (Lipinski definition) is 2. The van der Waals surface area contributed by atoms with E-state index in [-0.39, 0.29) is 17.9 Å². The Hall–Kier alpha value is -2.77. The van der Waals surface area contributed by atoms with Crippen LogP contribution in [0.5, 0.6) is 0 Å².